The first-order valence-electron chi connectivity index (χ1n) is 8.05. The Labute approximate surface area is 122 Å². The smallest absolute Gasteiger partial charge is 0.161 e. The maximum atomic E-state index is 6.36. The van der Waals surface area contributed by atoms with E-state index < -0.39 is 0 Å². The third kappa shape index (κ3) is 2.52. The highest BCUT2D eigenvalue weighted by atomic mass is 16.7. The molecule has 4 saturated heterocycles. The topological polar surface area (TPSA) is 36.9 Å². The summed E-state index contributed by atoms with van der Waals surface area (Å²) in [7, 11) is 0. The fourth-order valence-corrected chi connectivity index (χ4v) is 3.70. The lowest BCUT2D eigenvalue weighted by Gasteiger charge is -2.49. The van der Waals surface area contributed by atoms with Crippen LogP contribution in [0.3, 0.4) is 0 Å². The molecule has 0 saturated carbocycles. The van der Waals surface area contributed by atoms with Crippen LogP contribution in [0, 0.1) is 23.7 Å². The highest BCUT2D eigenvalue weighted by Crippen LogP contribution is 2.39. The van der Waals surface area contributed by atoms with Crippen molar-refractivity contribution < 1.29 is 18.9 Å². The molecule has 4 aliphatic rings. The highest BCUT2D eigenvalue weighted by molar-refractivity contribution is 4.87. The van der Waals surface area contributed by atoms with E-state index >= 15 is 0 Å². The Balaban J connectivity index is 1.85. The second-order valence-electron chi connectivity index (χ2n) is 7.06. The molecule has 0 aromatic rings. The molecule has 0 amide bonds. The number of hydrogen-bond donors (Lipinski definition) is 0. The van der Waals surface area contributed by atoms with Gasteiger partial charge in [0.1, 0.15) is 0 Å². The molecule has 4 nitrogen and oxygen atoms in total. The Morgan fingerprint density at radius 1 is 0.750 bits per heavy atom. The molecule has 4 heteroatoms. The Morgan fingerprint density at radius 3 is 2.25 bits per heavy atom. The van der Waals surface area contributed by atoms with E-state index in [9.17, 15) is 0 Å². The maximum absolute atomic E-state index is 6.36. The lowest BCUT2D eigenvalue weighted by Crippen LogP contribution is -2.55. The zero-order valence-electron chi connectivity index (χ0n) is 13.2. The largest absolute Gasteiger partial charge is 0.350 e. The Morgan fingerprint density at radius 2 is 1.50 bits per heavy atom. The molecule has 0 aliphatic carbocycles. The van der Waals surface area contributed by atoms with Crippen molar-refractivity contribution in [2.45, 2.75) is 71.9 Å². The summed E-state index contributed by atoms with van der Waals surface area (Å²) in [6.07, 6.45) is 1.05. The average Bonchev–Trinajstić information content (AvgIpc) is 2.41. The zero-order chi connectivity index (χ0) is 14.4. The molecule has 9 atom stereocenters. The summed E-state index contributed by atoms with van der Waals surface area (Å²) < 4.78 is 24.5. The Hall–Kier alpha value is -0.160. The van der Waals surface area contributed by atoms with E-state index in [1.54, 1.807) is 0 Å². The van der Waals surface area contributed by atoms with Crippen LogP contribution < -0.4 is 0 Å². The summed E-state index contributed by atoms with van der Waals surface area (Å²) in [5.41, 5.74) is 0. The van der Waals surface area contributed by atoms with Crippen LogP contribution in [-0.2, 0) is 18.9 Å². The van der Waals surface area contributed by atoms with Crippen molar-refractivity contribution in [3.63, 3.8) is 0 Å². The van der Waals surface area contributed by atoms with Gasteiger partial charge in [-0.3, -0.25) is 0 Å². The summed E-state index contributed by atoms with van der Waals surface area (Å²) in [6, 6.07) is 0. The van der Waals surface area contributed by atoms with E-state index in [1.165, 1.54) is 0 Å². The molecule has 0 spiro atoms. The lowest BCUT2D eigenvalue weighted by molar-refractivity contribution is -0.343. The van der Waals surface area contributed by atoms with Gasteiger partial charge >= 0.3 is 0 Å². The molecule has 4 aliphatic heterocycles. The van der Waals surface area contributed by atoms with Gasteiger partial charge in [0.15, 0.2) is 12.6 Å². The van der Waals surface area contributed by atoms with Crippen LogP contribution >= 0.6 is 0 Å². The third-order valence-electron chi connectivity index (χ3n) is 5.61. The second-order valence-corrected chi connectivity index (χ2v) is 7.06. The first kappa shape index (κ1) is 14.8. The summed E-state index contributed by atoms with van der Waals surface area (Å²) in [4.78, 5) is 0. The van der Waals surface area contributed by atoms with Gasteiger partial charge in [0.2, 0.25) is 0 Å². The number of hydrogen-bond acceptors (Lipinski definition) is 4. The van der Waals surface area contributed by atoms with Gasteiger partial charge in [-0.15, -0.1) is 0 Å². The molecule has 4 rings (SSSR count). The van der Waals surface area contributed by atoms with Crippen molar-refractivity contribution in [3.05, 3.63) is 0 Å². The van der Waals surface area contributed by atoms with Crippen LogP contribution in [0.2, 0.25) is 0 Å². The quantitative estimate of drug-likeness (QED) is 0.685. The monoisotopic (exact) mass is 284 g/mol. The van der Waals surface area contributed by atoms with E-state index in [4.69, 9.17) is 18.9 Å². The van der Waals surface area contributed by atoms with Crippen LogP contribution in [0.1, 0.15) is 41.0 Å². The van der Waals surface area contributed by atoms with Gasteiger partial charge in [0.25, 0.3) is 0 Å². The average molecular weight is 284 g/mol. The number of ether oxygens (including phenoxy) is 4. The standard InChI is InChI=1S/C16H28O4/c1-8-6-13-7-17-15-11(4)10(3)14(12(5)18-15)20-16(19-13)9(8)2/h8-16H,6-7H2,1-5H3. The fourth-order valence-electron chi connectivity index (χ4n) is 3.70. The molecule has 0 aromatic carbocycles. The van der Waals surface area contributed by atoms with Crippen molar-refractivity contribution in [1.82, 2.24) is 0 Å². The third-order valence-corrected chi connectivity index (χ3v) is 5.61. The van der Waals surface area contributed by atoms with Crippen molar-refractivity contribution in [3.8, 4) is 0 Å². The molecule has 0 radical (unpaired) electrons. The van der Waals surface area contributed by atoms with Crippen LogP contribution in [0.5, 0.6) is 0 Å². The van der Waals surface area contributed by atoms with Crippen molar-refractivity contribution in [1.29, 1.82) is 0 Å². The molecular weight excluding hydrogens is 256 g/mol. The first-order valence-corrected chi connectivity index (χ1v) is 8.05. The van der Waals surface area contributed by atoms with Crippen LogP contribution in [0.4, 0.5) is 0 Å². The Bertz CT molecular complexity index is 347. The zero-order valence-corrected chi connectivity index (χ0v) is 13.2. The normalized spacial score (nSPS) is 56.5. The number of fused-ring (bicyclic) bond motifs is 3. The molecule has 20 heavy (non-hydrogen) atoms. The van der Waals surface area contributed by atoms with Gasteiger partial charge in [0.05, 0.1) is 24.9 Å². The molecule has 9 unspecified atom stereocenters. The molecule has 0 aromatic heterocycles. The Kier molecular flexibility index (Phi) is 4.10. The minimum absolute atomic E-state index is 0.0517. The van der Waals surface area contributed by atoms with Crippen LogP contribution in [0.25, 0.3) is 0 Å². The van der Waals surface area contributed by atoms with E-state index in [0.29, 0.717) is 30.3 Å². The molecule has 4 heterocycles. The first-order chi connectivity index (χ1) is 9.47. The van der Waals surface area contributed by atoms with Crippen molar-refractivity contribution >= 4 is 0 Å². The maximum Gasteiger partial charge on any atom is 0.161 e. The minimum Gasteiger partial charge on any atom is -0.350 e. The lowest BCUT2D eigenvalue weighted by atomic mass is 9.83. The molecule has 0 N–H and O–H groups in total. The summed E-state index contributed by atoms with van der Waals surface area (Å²) >= 11 is 0. The van der Waals surface area contributed by atoms with Gasteiger partial charge in [-0.05, 0) is 25.2 Å². The second kappa shape index (κ2) is 5.56. The van der Waals surface area contributed by atoms with Gasteiger partial charge in [-0.1, -0.05) is 27.7 Å². The van der Waals surface area contributed by atoms with Crippen molar-refractivity contribution in [2.24, 2.45) is 23.7 Å². The SMILES string of the molecule is CC1CC2COC3OC(C)C(OC(O2)C1C)C(C)C3C. The van der Waals surface area contributed by atoms with E-state index in [1.807, 2.05) is 0 Å². The van der Waals surface area contributed by atoms with Gasteiger partial charge < -0.3 is 18.9 Å². The summed E-state index contributed by atoms with van der Waals surface area (Å²) in [6.45, 7) is 11.6. The van der Waals surface area contributed by atoms with Crippen molar-refractivity contribution in [2.75, 3.05) is 6.61 Å². The van der Waals surface area contributed by atoms with Gasteiger partial charge in [-0.2, -0.15) is 0 Å². The molecule has 4 bridgehead atoms. The number of rotatable bonds is 0. The van der Waals surface area contributed by atoms with Crippen LogP contribution in [-0.4, -0.2) is 37.5 Å². The van der Waals surface area contributed by atoms with Gasteiger partial charge in [-0.25, -0.2) is 0 Å². The van der Waals surface area contributed by atoms with E-state index in [2.05, 4.69) is 34.6 Å². The van der Waals surface area contributed by atoms with E-state index in [0.717, 1.165) is 6.42 Å². The molecule has 116 valence electrons. The van der Waals surface area contributed by atoms with Crippen LogP contribution in [0.15, 0.2) is 0 Å². The summed E-state index contributed by atoms with van der Waals surface area (Å²) in [5.74, 6) is 1.78. The fraction of sp³-hybridized carbons (Fsp3) is 1.00. The predicted molar refractivity (Wildman–Crippen MR) is 75.1 cm³/mol. The van der Waals surface area contributed by atoms with E-state index in [-0.39, 0.29) is 30.9 Å². The molecular formula is C16H28O4. The summed E-state index contributed by atoms with van der Waals surface area (Å²) in [5, 5.41) is 0. The van der Waals surface area contributed by atoms with Gasteiger partial charge in [0, 0.05) is 11.8 Å². The predicted octanol–water partition coefficient (Wildman–Crippen LogP) is 2.81. The highest BCUT2D eigenvalue weighted by Gasteiger charge is 2.46. The minimum atomic E-state index is -0.132. The molecule has 4 fully saturated rings.